The average molecular weight is 398 g/mol. The first-order valence-electron chi connectivity index (χ1n) is 10.2. The highest BCUT2D eigenvalue weighted by Crippen LogP contribution is 2.42. The summed E-state index contributed by atoms with van der Waals surface area (Å²) in [5, 5.41) is 3.85. The average Bonchev–Trinajstić information content (AvgIpc) is 3.21. The van der Waals surface area contributed by atoms with Gasteiger partial charge in [-0.05, 0) is 43.7 Å². The monoisotopic (exact) mass is 397 g/mol. The third kappa shape index (κ3) is 3.76. The molecule has 0 unspecified atom stereocenters. The Morgan fingerprint density at radius 1 is 1.00 bits per heavy atom. The van der Waals surface area contributed by atoms with E-state index in [1.165, 1.54) is 0 Å². The Morgan fingerprint density at radius 2 is 1.68 bits per heavy atom. The summed E-state index contributed by atoms with van der Waals surface area (Å²) in [5.74, 6) is 0.0830. The van der Waals surface area contributed by atoms with E-state index in [1.807, 2.05) is 36.4 Å². The molecule has 0 atom stereocenters. The van der Waals surface area contributed by atoms with Crippen LogP contribution in [0, 0.1) is 0 Å². The number of hydrogen-bond acceptors (Lipinski definition) is 3. The fraction of sp³-hybridized carbons (Fsp3) is 0.435. The van der Waals surface area contributed by atoms with E-state index < -0.39 is 5.41 Å². The van der Waals surface area contributed by atoms with Gasteiger partial charge >= 0.3 is 0 Å². The van der Waals surface area contributed by atoms with Crippen molar-refractivity contribution >= 4 is 28.9 Å². The minimum atomic E-state index is -0.427. The highest BCUT2D eigenvalue weighted by molar-refractivity contribution is 6.33. The van der Waals surface area contributed by atoms with Gasteiger partial charge in [0, 0.05) is 31.9 Å². The molecule has 0 bridgehead atoms. The van der Waals surface area contributed by atoms with Crippen LogP contribution in [0.15, 0.2) is 48.5 Å². The number of amides is 1. The van der Waals surface area contributed by atoms with Crippen LogP contribution < -0.4 is 10.2 Å². The molecule has 1 N–H and O–H groups in total. The molecule has 1 amide bonds. The zero-order valence-corrected chi connectivity index (χ0v) is 17.2. The van der Waals surface area contributed by atoms with Crippen molar-refractivity contribution in [2.75, 3.05) is 43.4 Å². The maximum absolute atomic E-state index is 13.3. The third-order valence-corrected chi connectivity index (χ3v) is 6.57. The zero-order valence-electron chi connectivity index (χ0n) is 16.5. The van der Waals surface area contributed by atoms with E-state index in [9.17, 15) is 4.79 Å². The minimum absolute atomic E-state index is 0.0830. The second-order valence-corrected chi connectivity index (χ2v) is 8.47. The number of hydrogen-bond donors (Lipinski definition) is 1. The van der Waals surface area contributed by atoms with Crippen molar-refractivity contribution in [3.8, 4) is 0 Å². The van der Waals surface area contributed by atoms with Crippen molar-refractivity contribution in [2.45, 2.75) is 31.1 Å². The molecule has 2 aromatic carbocycles. The smallest absolute Gasteiger partial charge is 0.235 e. The Hall–Kier alpha value is -2.04. The van der Waals surface area contributed by atoms with Gasteiger partial charge < -0.3 is 15.1 Å². The first-order chi connectivity index (χ1) is 13.6. The van der Waals surface area contributed by atoms with E-state index in [0.717, 1.165) is 68.8 Å². The summed E-state index contributed by atoms with van der Waals surface area (Å²) in [6, 6.07) is 16.1. The van der Waals surface area contributed by atoms with Crippen LogP contribution in [0.1, 0.15) is 31.2 Å². The summed E-state index contributed by atoms with van der Waals surface area (Å²) >= 11 is 6.59. The number of nitrogens with one attached hydrogen (secondary N) is 1. The van der Waals surface area contributed by atoms with Gasteiger partial charge in [-0.3, -0.25) is 4.79 Å². The van der Waals surface area contributed by atoms with E-state index in [2.05, 4.69) is 34.3 Å². The van der Waals surface area contributed by atoms with Gasteiger partial charge in [-0.2, -0.15) is 0 Å². The molecule has 4 rings (SSSR count). The molecule has 1 heterocycles. The van der Waals surface area contributed by atoms with Gasteiger partial charge in [0.05, 0.1) is 16.1 Å². The Kier molecular flexibility index (Phi) is 5.61. The molecule has 0 radical (unpaired) electrons. The van der Waals surface area contributed by atoms with Crippen molar-refractivity contribution < 1.29 is 4.79 Å². The number of rotatable bonds is 4. The number of carbonyl (C=O) groups excluding carboxylic acids is 1. The molecule has 148 valence electrons. The lowest BCUT2D eigenvalue weighted by atomic mass is 9.78. The number of piperazine rings is 1. The molecule has 2 aliphatic rings. The Bertz CT molecular complexity index is 825. The summed E-state index contributed by atoms with van der Waals surface area (Å²) in [7, 11) is 2.14. The predicted molar refractivity (Wildman–Crippen MR) is 116 cm³/mol. The molecule has 0 aromatic heterocycles. The Balaban J connectivity index is 1.52. The maximum atomic E-state index is 13.3. The molecule has 1 saturated heterocycles. The summed E-state index contributed by atoms with van der Waals surface area (Å²) in [4.78, 5) is 17.9. The highest BCUT2D eigenvalue weighted by Gasteiger charge is 2.42. The van der Waals surface area contributed by atoms with Gasteiger partial charge in [-0.25, -0.2) is 0 Å². The summed E-state index contributed by atoms with van der Waals surface area (Å²) in [6.07, 6.45) is 3.97. The Morgan fingerprint density at radius 3 is 2.32 bits per heavy atom. The minimum Gasteiger partial charge on any atom is -0.368 e. The van der Waals surface area contributed by atoms with Crippen LogP contribution in [0.3, 0.4) is 0 Å². The van der Waals surface area contributed by atoms with Crippen molar-refractivity contribution in [1.82, 2.24) is 4.90 Å². The van der Waals surface area contributed by atoms with Gasteiger partial charge in [-0.15, -0.1) is 0 Å². The van der Waals surface area contributed by atoms with Crippen molar-refractivity contribution in [2.24, 2.45) is 0 Å². The first kappa shape index (κ1) is 19.3. The number of carbonyl (C=O) groups is 1. The molecule has 1 saturated carbocycles. The van der Waals surface area contributed by atoms with E-state index in [1.54, 1.807) is 0 Å². The van der Waals surface area contributed by atoms with E-state index in [0.29, 0.717) is 5.02 Å². The summed E-state index contributed by atoms with van der Waals surface area (Å²) in [6.45, 7) is 4.01. The molecule has 2 fully saturated rings. The van der Waals surface area contributed by atoms with Crippen molar-refractivity contribution in [1.29, 1.82) is 0 Å². The summed E-state index contributed by atoms with van der Waals surface area (Å²) < 4.78 is 0. The van der Waals surface area contributed by atoms with E-state index in [-0.39, 0.29) is 5.91 Å². The van der Waals surface area contributed by atoms with Gasteiger partial charge in [0.2, 0.25) is 5.91 Å². The van der Waals surface area contributed by atoms with E-state index in [4.69, 9.17) is 11.6 Å². The van der Waals surface area contributed by atoms with Crippen LogP contribution in [-0.2, 0) is 10.2 Å². The fourth-order valence-corrected chi connectivity index (χ4v) is 4.82. The molecular weight excluding hydrogens is 370 g/mol. The third-order valence-electron chi connectivity index (χ3n) is 6.27. The maximum Gasteiger partial charge on any atom is 0.235 e. The van der Waals surface area contributed by atoms with E-state index >= 15 is 0 Å². The molecule has 28 heavy (non-hydrogen) atoms. The number of benzene rings is 2. The highest BCUT2D eigenvalue weighted by atomic mass is 35.5. The first-order valence-corrected chi connectivity index (χ1v) is 10.6. The molecule has 1 aliphatic heterocycles. The quantitative estimate of drug-likeness (QED) is 0.822. The molecule has 4 nitrogen and oxygen atoms in total. The molecule has 5 heteroatoms. The summed E-state index contributed by atoms with van der Waals surface area (Å²) in [5.41, 5.74) is 2.51. The standard InChI is InChI=1S/C23H28ClN3O/c1-26-13-15-27(16-14-26)21-10-9-19(17-20(21)24)25-22(28)23(11-5-6-12-23)18-7-3-2-4-8-18/h2-4,7-10,17H,5-6,11-16H2,1H3,(H,25,28). The van der Waals surface area contributed by atoms with Crippen LogP contribution in [0.4, 0.5) is 11.4 Å². The van der Waals surface area contributed by atoms with Crippen LogP contribution in [-0.4, -0.2) is 44.0 Å². The number of nitrogens with zero attached hydrogens (tertiary/aromatic N) is 2. The van der Waals surface area contributed by atoms with Crippen molar-refractivity contribution in [3.63, 3.8) is 0 Å². The lowest BCUT2D eigenvalue weighted by Crippen LogP contribution is -2.44. The SMILES string of the molecule is CN1CCN(c2ccc(NC(=O)C3(c4ccccc4)CCCC3)cc2Cl)CC1. The molecule has 1 aliphatic carbocycles. The second-order valence-electron chi connectivity index (χ2n) is 8.07. The topological polar surface area (TPSA) is 35.6 Å². The number of likely N-dealkylation sites (N-methyl/N-ethyl adjacent to an activating group) is 1. The second kappa shape index (κ2) is 8.14. The Labute approximate surface area is 172 Å². The van der Waals surface area contributed by atoms with Gasteiger partial charge in [0.15, 0.2) is 0 Å². The van der Waals surface area contributed by atoms with Crippen LogP contribution >= 0.6 is 11.6 Å². The lowest BCUT2D eigenvalue weighted by molar-refractivity contribution is -0.121. The normalized spacial score (nSPS) is 19.6. The van der Waals surface area contributed by atoms with Crippen LogP contribution in [0.2, 0.25) is 5.02 Å². The van der Waals surface area contributed by atoms with Gasteiger partial charge in [0.25, 0.3) is 0 Å². The molecular formula is C23H28ClN3O. The number of halogens is 1. The van der Waals surface area contributed by atoms with Crippen LogP contribution in [0.5, 0.6) is 0 Å². The molecule has 0 spiro atoms. The van der Waals surface area contributed by atoms with Gasteiger partial charge in [0.1, 0.15) is 0 Å². The fourth-order valence-electron chi connectivity index (χ4n) is 4.52. The lowest BCUT2D eigenvalue weighted by Gasteiger charge is -2.34. The number of anilines is 2. The van der Waals surface area contributed by atoms with Crippen LogP contribution in [0.25, 0.3) is 0 Å². The molecule has 2 aromatic rings. The van der Waals surface area contributed by atoms with Crippen molar-refractivity contribution in [3.05, 3.63) is 59.1 Å². The largest absolute Gasteiger partial charge is 0.368 e. The predicted octanol–water partition coefficient (Wildman–Crippen LogP) is 4.54. The van der Waals surface area contributed by atoms with Gasteiger partial charge in [-0.1, -0.05) is 54.8 Å². The zero-order chi connectivity index (χ0) is 19.6.